The summed E-state index contributed by atoms with van der Waals surface area (Å²) in [5.41, 5.74) is 8.89. The van der Waals surface area contributed by atoms with Gasteiger partial charge in [0.25, 0.3) is 0 Å². The molecule has 0 spiro atoms. The van der Waals surface area contributed by atoms with Crippen LogP contribution in [-0.2, 0) is 0 Å². The summed E-state index contributed by atoms with van der Waals surface area (Å²) < 4.78 is 0. The van der Waals surface area contributed by atoms with Gasteiger partial charge in [-0.05, 0) is 24.8 Å². The Bertz CT molecular complexity index is 303. The molecule has 0 heterocycles. The van der Waals surface area contributed by atoms with E-state index >= 15 is 0 Å². The molecule has 0 bridgehead atoms. The number of hydrogen-bond acceptors (Lipinski definition) is 2. The Kier molecular flexibility index (Phi) is 5.49. The molecule has 0 aliphatic carbocycles. The van der Waals surface area contributed by atoms with E-state index in [2.05, 4.69) is 33.8 Å². The Balaban J connectivity index is 4.93. The fourth-order valence-corrected chi connectivity index (χ4v) is 1.51. The predicted octanol–water partition coefficient (Wildman–Crippen LogP) is 3.89. The van der Waals surface area contributed by atoms with Crippen LogP contribution in [0, 0.1) is 16.7 Å². The molecule has 3 N–H and O–H groups in total. The highest BCUT2D eigenvalue weighted by Gasteiger charge is 2.15. The number of hydrogen-bond donors (Lipinski definition) is 2. The standard InChI is InChI=1S/C14H26N2/c1-7-12(14(4,5)6)9-13(16)8-10(2)11(3)15/h8-10,15H,7,16H2,1-6H3/b12-9-,13-8-,15-11?/t10-/m1/s1. The van der Waals surface area contributed by atoms with E-state index in [1.165, 1.54) is 5.57 Å². The van der Waals surface area contributed by atoms with Gasteiger partial charge in [-0.3, -0.25) is 0 Å². The minimum absolute atomic E-state index is 0.120. The smallest absolute Gasteiger partial charge is 0.0279 e. The highest BCUT2D eigenvalue weighted by Crippen LogP contribution is 2.28. The molecule has 0 aromatic heterocycles. The van der Waals surface area contributed by atoms with Gasteiger partial charge in [0.05, 0.1) is 0 Å². The lowest BCUT2D eigenvalue weighted by Crippen LogP contribution is -2.11. The molecule has 0 radical (unpaired) electrons. The third-order valence-electron chi connectivity index (χ3n) is 2.81. The molecule has 0 rings (SSSR count). The maximum Gasteiger partial charge on any atom is 0.0279 e. The van der Waals surface area contributed by atoms with Gasteiger partial charge in [0.15, 0.2) is 0 Å². The van der Waals surface area contributed by atoms with Crippen LogP contribution in [0.3, 0.4) is 0 Å². The van der Waals surface area contributed by atoms with Crippen molar-refractivity contribution in [3.63, 3.8) is 0 Å². The van der Waals surface area contributed by atoms with Gasteiger partial charge < -0.3 is 11.1 Å². The molecule has 92 valence electrons. The molecule has 2 heteroatoms. The Hall–Kier alpha value is -1.05. The van der Waals surface area contributed by atoms with Gasteiger partial charge in [0, 0.05) is 17.3 Å². The third-order valence-corrected chi connectivity index (χ3v) is 2.81. The predicted molar refractivity (Wildman–Crippen MR) is 72.7 cm³/mol. The minimum Gasteiger partial charge on any atom is -0.399 e. The van der Waals surface area contributed by atoms with Crippen LogP contribution < -0.4 is 5.73 Å². The Labute approximate surface area is 100 Å². The van der Waals surface area contributed by atoms with Crippen molar-refractivity contribution in [1.29, 1.82) is 5.41 Å². The summed E-state index contributed by atoms with van der Waals surface area (Å²) in [4.78, 5) is 0. The van der Waals surface area contributed by atoms with Gasteiger partial charge in [-0.1, -0.05) is 46.3 Å². The number of nitrogens with two attached hydrogens (primary N) is 1. The molecule has 0 amide bonds. The maximum atomic E-state index is 7.52. The second kappa shape index (κ2) is 5.88. The first-order valence-electron chi connectivity index (χ1n) is 5.91. The third kappa shape index (κ3) is 5.15. The van der Waals surface area contributed by atoms with Gasteiger partial charge in [-0.25, -0.2) is 0 Å². The van der Waals surface area contributed by atoms with Crippen molar-refractivity contribution in [2.75, 3.05) is 0 Å². The van der Waals surface area contributed by atoms with Gasteiger partial charge >= 0.3 is 0 Å². The normalized spacial score (nSPS) is 16.1. The lowest BCUT2D eigenvalue weighted by molar-refractivity contribution is 0.487. The zero-order valence-corrected chi connectivity index (χ0v) is 11.5. The molecule has 0 aromatic rings. The first-order chi connectivity index (χ1) is 7.18. The van der Waals surface area contributed by atoms with Crippen molar-refractivity contribution in [3.05, 3.63) is 23.4 Å². The topological polar surface area (TPSA) is 49.9 Å². The van der Waals surface area contributed by atoms with Crippen LogP contribution in [0.15, 0.2) is 23.4 Å². The molecular formula is C14H26N2. The van der Waals surface area contributed by atoms with Crippen molar-refractivity contribution in [2.45, 2.75) is 48.0 Å². The molecular weight excluding hydrogens is 196 g/mol. The Morgan fingerprint density at radius 3 is 2.19 bits per heavy atom. The zero-order chi connectivity index (χ0) is 12.9. The first-order valence-corrected chi connectivity index (χ1v) is 5.91. The van der Waals surface area contributed by atoms with Crippen LogP contribution in [0.1, 0.15) is 48.0 Å². The minimum atomic E-state index is 0.120. The van der Waals surface area contributed by atoms with Gasteiger partial charge in [-0.15, -0.1) is 0 Å². The van der Waals surface area contributed by atoms with Gasteiger partial charge in [-0.2, -0.15) is 0 Å². The highest BCUT2D eigenvalue weighted by molar-refractivity contribution is 5.82. The summed E-state index contributed by atoms with van der Waals surface area (Å²) in [6.45, 7) is 12.5. The second-order valence-electron chi connectivity index (χ2n) is 5.41. The summed E-state index contributed by atoms with van der Waals surface area (Å²) in [6, 6.07) is 0. The van der Waals surface area contributed by atoms with E-state index in [-0.39, 0.29) is 11.3 Å². The molecule has 2 nitrogen and oxygen atoms in total. The molecule has 0 unspecified atom stereocenters. The van der Waals surface area contributed by atoms with E-state index in [0.29, 0.717) is 5.71 Å². The molecule has 0 saturated heterocycles. The molecule has 0 fully saturated rings. The van der Waals surface area contributed by atoms with E-state index in [9.17, 15) is 0 Å². The summed E-state index contributed by atoms with van der Waals surface area (Å²) in [7, 11) is 0. The quantitative estimate of drug-likeness (QED) is 0.550. The summed E-state index contributed by atoms with van der Waals surface area (Å²) in [5, 5.41) is 7.52. The highest BCUT2D eigenvalue weighted by atomic mass is 14.6. The van der Waals surface area contributed by atoms with Crippen LogP contribution in [0.4, 0.5) is 0 Å². The second-order valence-corrected chi connectivity index (χ2v) is 5.41. The summed E-state index contributed by atoms with van der Waals surface area (Å²) >= 11 is 0. The molecule has 16 heavy (non-hydrogen) atoms. The van der Waals surface area contributed by atoms with Crippen LogP contribution in [0.2, 0.25) is 0 Å². The number of allylic oxidation sites excluding steroid dienone is 3. The Morgan fingerprint density at radius 2 is 1.88 bits per heavy atom. The van der Waals surface area contributed by atoms with Crippen molar-refractivity contribution in [1.82, 2.24) is 0 Å². The average Bonchev–Trinajstić information content (AvgIpc) is 2.11. The van der Waals surface area contributed by atoms with Crippen LogP contribution in [-0.4, -0.2) is 5.71 Å². The molecule has 0 aromatic carbocycles. The molecule has 1 atom stereocenters. The number of rotatable bonds is 4. The van der Waals surface area contributed by atoms with Gasteiger partial charge in [0.2, 0.25) is 0 Å². The van der Waals surface area contributed by atoms with Crippen molar-refractivity contribution in [2.24, 2.45) is 17.1 Å². The molecule has 0 aliphatic rings. The van der Waals surface area contributed by atoms with Crippen LogP contribution >= 0.6 is 0 Å². The average molecular weight is 222 g/mol. The number of nitrogens with one attached hydrogen (secondary N) is 1. The van der Waals surface area contributed by atoms with Crippen molar-refractivity contribution >= 4 is 5.71 Å². The Morgan fingerprint density at radius 1 is 1.38 bits per heavy atom. The van der Waals surface area contributed by atoms with E-state index in [1.807, 2.05) is 19.9 Å². The lowest BCUT2D eigenvalue weighted by Gasteiger charge is -2.22. The summed E-state index contributed by atoms with van der Waals surface area (Å²) in [5.74, 6) is 0.120. The van der Waals surface area contributed by atoms with E-state index in [4.69, 9.17) is 11.1 Å². The summed E-state index contributed by atoms with van der Waals surface area (Å²) in [6.07, 6.45) is 5.01. The zero-order valence-electron chi connectivity index (χ0n) is 11.5. The monoisotopic (exact) mass is 222 g/mol. The fourth-order valence-electron chi connectivity index (χ4n) is 1.51. The molecule has 0 aliphatic heterocycles. The molecule has 0 saturated carbocycles. The first kappa shape index (κ1) is 14.9. The maximum absolute atomic E-state index is 7.52. The lowest BCUT2D eigenvalue weighted by atomic mass is 9.84. The van der Waals surface area contributed by atoms with Gasteiger partial charge in [0.1, 0.15) is 0 Å². The largest absolute Gasteiger partial charge is 0.399 e. The van der Waals surface area contributed by atoms with Crippen LogP contribution in [0.5, 0.6) is 0 Å². The fraction of sp³-hybridized carbons (Fsp3) is 0.643. The van der Waals surface area contributed by atoms with E-state index < -0.39 is 0 Å². The van der Waals surface area contributed by atoms with E-state index in [1.54, 1.807) is 0 Å². The SMILES string of the molecule is CC/C(=C/C(N)=C/[C@@H](C)C(C)=N)C(C)(C)C. The van der Waals surface area contributed by atoms with E-state index in [0.717, 1.165) is 12.1 Å². The van der Waals surface area contributed by atoms with Crippen LogP contribution in [0.25, 0.3) is 0 Å². The van der Waals surface area contributed by atoms with Crippen molar-refractivity contribution < 1.29 is 0 Å². The van der Waals surface area contributed by atoms with Crippen molar-refractivity contribution in [3.8, 4) is 0 Å².